The van der Waals surface area contributed by atoms with E-state index in [1.54, 1.807) is 0 Å². The van der Waals surface area contributed by atoms with E-state index in [2.05, 4.69) is 9.47 Å². The third-order valence-corrected chi connectivity index (χ3v) is 1.37. The molecule has 102 valence electrons. The third kappa shape index (κ3) is 5.64. The first-order valence-electron chi connectivity index (χ1n) is 4.39. The Hall–Kier alpha value is -1.15. The summed E-state index contributed by atoms with van der Waals surface area (Å²) >= 11 is 0. The fraction of sp³-hybridized carbons (Fsp3) is 0.875. The van der Waals surface area contributed by atoms with Crippen LogP contribution in [0.2, 0.25) is 0 Å². The fourth-order valence-corrected chi connectivity index (χ4v) is 0.694. The van der Waals surface area contributed by atoms with Crippen LogP contribution in [0, 0.1) is 0 Å². The summed E-state index contributed by atoms with van der Waals surface area (Å²) in [6.45, 7) is 0.694. The summed E-state index contributed by atoms with van der Waals surface area (Å²) in [4.78, 5) is 10.6. The molecule has 0 aliphatic rings. The first kappa shape index (κ1) is 15.9. The molecule has 0 radical (unpaired) electrons. The predicted molar refractivity (Wildman–Crippen MR) is 43.5 cm³/mol. The minimum atomic E-state index is -5.73. The Bertz CT molecular complexity index is 262. The zero-order valence-electron chi connectivity index (χ0n) is 8.85. The van der Waals surface area contributed by atoms with Gasteiger partial charge in [0.1, 0.15) is 0 Å². The van der Waals surface area contributed by atoms with Crippen LogP contribution in [0.25, 0.3) is 0 Å². The summed E-state index contributed by atoms with van der Waals surface area (Å²) in [7, 11) is 0. The normalized spacial score (nSPS) is 14.6. The minimum Gasteiger partial charge on any atom is -0.432 e. The third-order valence-electron chi connectivity index (χ3n) is 1.37. The Morgan fingerprint density at radius 3 is 2.00 bits per heavy atom. The van der Waals surface area contributed by atoms with Crippen molar-refractivity contribution in [3.05, 3.63) is 0 Å². The van der Waals surface area contributed by atoms with Gasteiger partial charge in [-0.3, -0.25) is 0 Å². The predicted octanol–water partition coefficient (Wildman–Crippen LogP) is 3.08. The maximum Gasteiger partial charge on any atom is 0.508 e. The van der Waals surface area contributed by atoms with E-state index in [-0.39, 0.29) is 0 Å². The number of halogens is 6. The van der Waals surface area contributed by atoms with E-state index in [9.17, 15) is 31.1 Å². The Kier molecular flexibility index (Phi) is 5.09. The molecule has 0 aliphatic carbocycles. The summed E-state index contributed by atoms with van der Waals surface area (Å²) in [5, 5.41) is 0. The Morgan fingerprint density at radius 2 is 1.65 bits per heavy atom. The molecule has 0 aromatic heterocycles. The van der Waals surface area contributed by atoms with Gasteiger partial charge in [-0.2, -0.15) is 22.0 Å². The van der Waals surface area contributed by atoms with Crippen molar-refractivity contribution in [3.63, 3.8) is 0 Å². The van der Waals surface area contributed by atoms with Crippen molar-refractivity contribution in [2.75, 3.05) is 6.61 Å². The molecule has 0 aromatic rings. The SMILES string of the molecule is CC(C)OC(=O)OCC(F)(F)[C@H](F)C(F)(F)F. The van der Waals surface area contributed by atoms with Crippen molar-refractivity contribution in [1.82, 2.24) is 0 Å². The van der Waals surface area contributed by atoms with Gasteiger partial charge < -0.3 is 9.47 Å². The minimum absolute atomic E-state index is 0.695. The molecule has 0 saturated carbocycles. The Labute approximate surface area is 92.7 Å². The summed E-state index contributed by atoms with van der Waals surface area (Å²) < 4.78 is 80.3. The van der Waals surface area contributed by atoms with E-state index < -0.39 is 37.1 Å². The highest BCUT2D eigenvalue weighted by Crippen LogP contribution is 2.35. The summed E-state index contributed by atoms with van der Waals surface area (Å²) in [6.07, 6.45) is -12.4. The second kappa shape index (κ2) is 5.46. The summed E-state index contributed by atoms with van der Waals surface area (Å²) in [5.74, 6) is -4.85. The van der Waals surface area contributed by atoms with Gasteiger partial charge in [-0.05, 0) is 13.8 Å². The lowest BCUT2D eigenvalue weighted by atomic mass is 10.2. The van der Waals surface area contributed by atoms with E-state index >= 15 is 0 Å². The van der Waals surface area contributed by atoms with Crippen molar-refractivity contribution >= 4 is 6.16 Å². The van der Waals surface area contributed by atoms with Crippen LogP contribution in [0.4, 0.5) is 31.1 Å². The van der Waals surface area contributed by atoms with E-state index in [4.69, 9.17) is 0 Å². The second-order valence-electron chi connectivity index (χ2n) is 3.37. The smallest absolute Gasteiger partial charge is 0.432 e. The van der Waals surface area contributed by atoms with Gasteiger partial charge in [0.05, 0.1) is 6.10 Å². The van der Waals surface area contributed by atoms with Crippen LogP contribution in [0.1, 0.15) is 13.8 Å². The van der Waals surface area contributed by atoms with Crippen LogP contribution in [0.5, 0.6) is 0 Å². The van der Waals surface area contributed by atoms with Gasteiger partial charge in [0, 0.05) is 0 Å². The largest absolute Gasteiger partial charge is 0.508 e. The van der Waals surface area contributed by atoms with E-state index in [0.717, 1.165) is 0 Å². The van der Waals surface area contributed by atoms with Gasteiger partial charge in [-0.1, -0.05) is 0 Å². The number of alkyl halides is 6. The molecule has 0 heterocycles. The molecule has 0 spiro atoms. The lowest BCUT2D eigenvalue weighted by Crippen LogP contribution is -2.45. The van der Waals surface area contributed by atoms with Gasteiger partial charge in [0.2, 0.25) is 0 Å². The average Bonchev–Trinajstić information content (AvgIpc) is 2.11. The second-order valence-corrected chi connectivity index (χ2v) is 3.37. The van der Waals surface area contributed by atoms with Crippen molar-refractivity contribution in [3.8, 4) is 0 Å². The number of hydrogen-bond donors (Lipinski definition) is 0. The summed E-state index contributed by atoms with van der Waals surface area (Å²) in [5.41, 5.74) is 0. The van der Waals surface area contributed by atoms with E-state index in [1.165, 1.54) is 13.8 Å². The van der Waals surface area contributed by atoms with Crippen LogP contribution in [0.15, 0.2) is 0 Å². The molecule has 0 N–H and O–H groups in total. The van der Waals surface area contributed by atoms with Gasteiger partial charge in [-0.15, -0.1) is 0 Å². The molecule has 0 amide bonds. The van der Waals surface area contributed by atoms with Crippen molar-refractivity contribution in [1.29, 1.82) is 0 Å². The molecule has 0 bridgehead atoms. The van der Waals surface area contributed by atoms with Crippen LogP contribution in [-0.2, 0) is 9.47 Å². The lowest BCUT2D eigenvalue weighted by molar-refractivity contribution is -0.252. The monoisotopic (exact) mass is 268 g/mol. The maximum atomic E-state index is 12.6. The molecule has 0 saturated heterocycles. The molecule has 0 aromatic carbocycles. The number of carbonyl (C=O) groups excluding carboxylic acids is 1. The molecule has 0 fully saturated rings. The number of carbonyl (C=O) groups is 1. The molecular weight excluding hydrogens is 258 g/mol. The molecule has 9 heteroatoms. The van der Waals surface area contributed by atoms with Crippen molar-refractivity contribution in [2.45, 2.75) is 38.2 Å². The van der Waals surface area contributed by atoms with Gasteiger partial charge in [-0.25, -0.2) is 9.18 Å². The highest BCUT2D eigenvalue weighted by molar-refractivity contribution is 5.60. The van der Waals surface area contributed by atoms with Crippen LogP contribution in [0.3, 0.4) is 0 Å². The molecule has 17 heavy (non-hydrogen) atoms. The van der Waals surface area contributed by atoms with E-state index in [0.29, 0.717) is 0 Å². The number of hydrogen-bond acceptors (Lipinski definition) is 3. The first-order chi connectivity index (χ1) is 7.47. The standard InChI is InChI=1S/C8H10F6O3/c1-4(2)17-6(15)16-3-7(10,11)5(9)8(12,13)14/h4-5H,3H2,1-2H3/t5-/m0/s1. The van der Waals surface area contributed by atoms with E-state index in [1.807, 2.05) is 0 Å². The summed E-state index contributed by atoms with van der Waals surface area (Å²) in [6, 6.07) is 0. The van der Waals surface area contributed by atoms with Crippen LogP contribution in [-0.4, -0.2) is 37.1 Å². The Balaban J connectivity index is 4.32. The zero-order valence-corrected chi connectivity index (χ0v) is 8.85. The van der Waals surface area contributed by atoms with Crippen LogP contribution < -0.4 is 0 Å². The van der Waals surface area contributed by atoms with Gasteiger partial charge >= 0.3 is 18.3 Å². The number of ether oxygens (including phenoxy) is 2. The molecule has 0 rings (SSSR count). The quantitative estimate of drug-likeness (QED) is 0.580. The fourth-order valence-electron chi connectivity index (χ4n) is 0.694. The zero-order chi connectivity index (χ0) is 13.9. The lowest BCUT2D eigenvalue weighted by Gasteiger charge is -2.22. The highest BCUT2D eigenvalue weighted by atomic mass is 19.4. The maximum absolute atomic E-state index is 12.6. The Morgan fingerprint density at radius 1 is 1.18 bits per heavy atom. The highest BCUT2D eigenvalue weighted by Gasteiger charge is 2.57. The molecule has 1 atom stereocenters. The van der Waals surface area contributed by atoms with Crippen molar-refractivity contribution in [2.24, 2.45) is 0 Å². The molecule has 3 nitrogen and oxygen atoms in total. The molecule has 0 aliphatic heterocycles. The van der Waals surface area contributed by atoms with Crippen molar-refractivity contribution < 1.29 is 40.6 Å². The molecular formula is C8H10F6O3. The first-order valence-corrected chi connectivity index (χ1v) is 4.39. The average molecular weight is 268 g/mol. The van der Waals surface area contributed by atoms with Gasteiger partial charge in [0.15, 0.2) is 6.61 Å². The van der Waals surface area contributed by atoms with Crippen LogP contribution >= 0.6 is 0 Å². The molecule has 0 unspecified atom stereocenters. The topological polar surface area (TPSA) is 35.5 Å². The van der Waals surface area contributed by atoms with Gasteiger partial charge in [0.25, 0.3) is 6.17 Å². The number of rotatable bonds is 4.